The summed E-state index contributed by atoms with van der Waals surface area (Å²) in [6.07, 6.45) is 3.45. The van der Waals surface area contributed by atoms with Crippen molar-refractivity contribution in [2.24, 2.45) is 0 Å². The van der Waals surface area contributed by atoms with Crippen molar-refractivity contribution in [2.75, 3.05) is 23.5 Å². The van der Waals surface area contributed by atoms with E-state index in [9.17, 15) is 14.4 Å². The number of carbonyl (C=O) groups is 3. The summed E-state index contributed by atoms with van der Waals surface area (Å²) >= 11 is 2.75. The highest BCUT2D eigenvalue weighted by atomic mass is 32.2. The highest BCUT2D eigenvalue weighted by Crippen LogP contribution is 2.29. The monoisotopic (exact) mass is 633 g/mol. The lowest BCUT2D eigenvalue weighted by molar-refractivity contribution is -0.114. The maximum atomic E-state index is 13.4. The average Bonchev–Trinajstić information content (AvgIpc) is 3.67. The fraction of sp³-hybridized carbons (Fsp3) is 0.0588. The molecule has 2 aromatic heterocycles. The van der Waals surface area contributed by atoms with Crippen LogP contribution in [0.25, 0.3) is 27.2 Å². The molecule has 6 rings (SSSR count). The van der Waals surface area contributed by atoms with Gasteiger partial charge in [0.05, 0.1) is 23.1 Å². The molecular weight excluding hydrogens is 607 g/mol. The molecule has 6 aromatic rings. The minimum atomic E-state index is -0.474. The van der Waals surface area contributed by atoms with Crippen LogP contribution >= 0.6 is 23.1 Å². The number of nitrogens with one attached hydrogen (secondary N) is 4. The average molecular weight is 634 g/mol. The van der Waals surface area contributed by atoms with E-state index in [4.69, 9.17) is 4.74 Å². The van der Waals surface area contributed by atoms with Crippen LogP contribution in [-0.2, 0) is 9.59 Å². The van der Waals surface area contributed by atoms with E-state index >= 15 is 0 Å². The number of thioether (sulfide) groups is 1. The largest absolute Gasteiger partial charge is 0.497 e. The Morgan fingerprint density at radius 3 is 2.51 bits per heavy atom. The summed E-state index contributed by atoms with van der Waals surface area (Å²) in [7, 11) is 1.61. The first-order chi connectivity index (χ1) is 21.9. The molecule has 224 valence electrons. The van der Waals surface area contributed by atoms with E-state index in [1.54, 1.807) is 55.8 Å². The van der Waals surface area contributed by atoms with Gasteiger partial charge in [-0.15, -0.1) is 11.8 Å². The molecule has 0 unspecified atom stereocenters. The van der Waals surface area contributed by atoms with Gasteiger partial charge in [0.25, 0.3) is 11.8 Å². The molecule has 0 fully saturated rings. The van der Waals surface area contributed by atoms with Crippen LogP contribution in [0.5, 0.6) is 5.75 Å². The molecule has 0 aliphatic heterocycles. The van der Waals surface area contributed by atoms with E-state index in [0.717, 1.165) is 37.3 Å². The van der Waals surface area contributed by atoms with Crippen LogP contribution in [0.1, 0.15) is 15.9 Å². The summed E-state index contributed by atoms with van der Waals surface area (Å²) in [5, 5.41) is 9.94. The third-order valence-electron chi connectivity index (χ3n) is 6.77. The van der Waals surface area contributed by atoms with Crippen LogP contribution in [-0.4, -0.2) is 40.6 Å². The van der Waals surface area contributed by atoms with E-state index in [2.05, 4.69) is 25.9 Å². The van der Waals surface area contributed by atoms with Gasteiger partial charge in [0.1, 0.15) is 11.4 Å². The predicted octanol–water partition coefficient (Wildman–Crippen LogP) is 6.93. The summed E-state index contributed by atoms with van der Waals surface area (Å²) in [6.45, 7) is 0. The minimum Gasteiger partial charge on any atom is -0.497 e. The number of benzene rings is 4. The van der Waals surface area contributed by atoms with Crippen LogP contribution in [0.4, 0.5) is 10.8 Å². The lowest BCUT2D eigenvalue weighted by atomic mass is 10.1. The van der Waals surface area contributed by atoms with Crippen molar-refractivity contribution in [1.29, 1.82) is 0 Å². The first-order valence-corrected chi connectivity index (χ1v) is 15.7. The molecule has 4 aromatic carbocycles. The van der Waals surface area contributed by atoms with Crippen molar-refractivity contribution in [1.82, 2.24) is 15.3 Å². The van der Waals surface area contributed by atoms with Crippen molar-refractivity contribution < 1.29 is 19.1 Å². The van der Waals surface area contributed by atoms with E-state index in [0.29, 0.717) is 16.4 Å². The van der Waals surface area contributed by atoms with Gasteiger partial charge < -0.3 is 25.7 Å². The lowest BCUT2D eigenvalue weighted by Crippen LogP contribution is -2.30. The van der Waals surface area contributed by atoms with Crippen molar-refractivity contribution in [2.45, 2.75) is 4.90 Å². The summed E-state index contributed by atoms with van der Waals surface area (Å²) in [5.41, 5.74) is 3.54. The molecule has 0 aliphatic carbocycles. The number of nitrogens with zero attached hydrogens (tertiary/aromatic N) is 1. The van der Waals surface area contributed by atoms with Crippen molar-refractivity contribution in [3.8, 4) is 5.75 Å². The van der Waals surface area contributed by atoms with Gasteiger partial charge in [-0.25, -0.2) is 4.98 Å². The Bertz CT molecular complexity index is 2030. The third kappa shape index (κ3) is 7.23. The predicted molar refractivity (Wildman–Crippen MR) is 181 cm³/mol. The lowest BCUT2D eigenvalue weighted by Gasteiger charge is -2.12. The third-order valence-corrected chi connectivity index (χ3v) is 8.72. The van der Waals surface area contributed by atoms with E-state index in [1.165, 1.54) is 23.1 Å². The maximum Gasteiger partial charge on any atom is 0.272 e. The number of carbonyl (C=O) groups excluding carboxylic acids is 3. The summed E-state index contributed by atoms with van der Waals surface area (Å²) < 4.78 is 6.18. The fourth-order valence-corrected chi connectivity index (χ4v) is 6.14. The van der Waals surface area contributed by atoms with E-state index < -0.39 is 11.8 Å². The second kappa shape index (κ2) is 13.5. The van der Waals surface area contributed by atoms with Gasteiger partial charge in [-0.2, -0.15) is 0 Å². The molecule has 45 heavy (non-hydrogen) atoms. The summed E-state index contributed by atoms with van der Waals surface area (Å²) in [5.74, 6) is -0.124. The van der Waals surface area contributed by atoms with E-state index in [1.807, 2.05) is 60.7 Å². The minimum absolute atomic E-state index is 0.0945. The molecule has 0 radical (unpaired) electrons. The zero-order chi connectivity index (χ0) is 31.2. The standard InChI is InChI=1S/C34H27N5O4S2/c1-43-24-13-16-28-30(18-24)45-34(38-28)39-31(40)20-44-25-14-11-23(12-15-25)36-33(42)29(37-32(41)21-7-3-2-4-8-21)17-22-19-35-27-10-6-5-9-26(22)27/h2-19,35H,20H2,1H3,(H,36,42)(H,37,41)(H,38,39,40). The number of hydrogen-bond donors (Lipinski definition) is 4. The molecule has 0 aliphatic rings. The Hall–Kier alpha value is -5.39. The smallest absolute Gasteiger partial charge is 0.272 e. The van der Waals surface area contributed by atoms with Gasteiger partial charge in [0.15, 0.2) is 5.13 Å². The fourth-order valence-electron chi connectivity index (χ4n) is 4.53. The number of anilines is 2. The van der Waals surface area contributed by atoms with Crippen molar-refractivity contribution >= 4 is 78.8 Å². The Balaban J connectivity index is 1.10. The second-order valence-corrected chi connectivity index (χ2v) is 11.9. The molecule has 2 heterocycles. The Kier molecular flexibility index (Phi) is 8.90. The number of thiazole rings is 1. The topological polar surface area (TPSA) is 125 Å². The van der Waals surface area contributed by atoms with Crippen molar-refractivity contribution in [3.05, 3.63) is 120 Å². The molecule has 0 saturated carbocycles. The molecule has 9 nitrogen and oxygen atoms in total. The molecule has 0 spiro atoms. The maximum absolute atomic E-state index is 13.4. The Labute approximate surface area is 266 Å². The number of fused-ring (bicyclic) bond motifs is 2. The SMILES string of the molecule is COc1ccc2nc(NC(=O)CSc3ccc(NC(=O)C(=Cc4c[nH]c5ccccc45)NC(=O)c4ccccc4)cc3)sc2c1. The number of H-pyrrole nitrogens is 1. The van der Waals surface area contributed by atoms with Crippen LogP contribution < -0.4 is 20.7 Å². The van der Waals surface area contributed by atoms with Gasteiger partial charge in [0, 0.05) is 38.8 Å². The number of rotatable bonds is 10. The van der Waals surface area contributed by atoms with Gasteiger partial charge >= 0.3 is 0 Å². The molecule has 4 N–H and O–H groups in total. The second-order valence-electron chi connectivity index (χ2n) is 9.84. The van der Waals surface area contributed by atoms with Crippen LogP contribution in [0.15, 0.2) is 114 Å². The number of amides is 3. The first-order valence-electron chi connectivity index (χ1n) is 13.9. The van der Waals surface area contributed by atoms with E-state index in [-0.39, 0.29) is 17.4 Å². The van der Waals surface area contributed by atoms with Crippen LogP contribution in [0.3, 0.4) is 0 Å². The van der Waals surface area contributed by atoms with Gasteiger partial charge in [-0.1, -0.05) is 47.7 Å². The number of para-hydroxylation sites is 1. The normalized spacial score (nSPS) is 11.4. The zero-order valence-electron chi connectivity index (χ0n) is 24.0. The molecule has 0 saturated heterocycles. The first kappa shape index (κ1) is 29.7. The number of aromatic nitrogens is 2. The quantitative estimate of drug-likeness (QED) is 0.0958. The highest BCUT2D eigenvalue weighted by Gasteiger charge is 2.16. The molecule has 0 atom stereocenters. The van der Waals surface area contributed by atoms with Crippen LogP contribution in [0, 0.1) is 0 Å². The van der Waals surface area contributed by atoms with Gasteiger partial charge in [-0.05, 0) is 66.7 Å². The summed E-state index contributed by atoms with van der Waals surface area (Å²) in [4.78, 5) is 47.5. The van der Waals surface area contributed by atoms with Crippen molar-refractivity contribution in [3.63, 3.8) is 0 Å². The summed E-state index contributed by atoms with van der Waals surface area (Å²) in [6, 6.07) is 29.2. The number of aromatic amines is 1. The number of methoxy groups -OCH3 is 1. The number of hydrogen-bond acceptors (Lipinski definition) is 7. The van der Waals surface area contributed by atoms with Gasteiger partial charge in [0.2, 0.25) is 5.91 Å². The zero-order valence-corrected chi connectivity index (χ0v) is 25.6. The molecular formula is C34H27N5O4S2. The Morgan fingerprint density at radius 2 is 1.71 bits per heavy atom. The van der Waals surface area contributed by atoms with Crippen LogP contribution in [0.2, 0.25) is 0 Å². The van der Waals surface area contributed by atoms with Gasteiger partial charge in [-0.3, -0.25) is 14.4 Å². The molecule has 3 amide bonds. The highest BCUT2D eigenvalue weighted by molar-refractivity contribution is 8.00. The molecule has 0 bridgehead atoms. The number of ether oxygens (including phenoxy) is 1. The Morgan fingerprint density at radius 1 is 0.933 bits per heavy atom. The molecule has 11 heteroatoms.